The van der Waals surface area contributed by atoms with E-state index in [-0.39, 0.29) is 26.4 Å². The van der Waals surface area contributed by atoms with E-state index in [9.17, 15) is 9.59 Å². The van der Waals surface area contributed by atoms with E-state index in [0.29, 0.717) is 19.3 Å². The van der Waals surface area contributed by atoms with Gasteiger partial charge in [0, 0.05) is 6.42 Å². The molecule has 0 spiro atoms. The van der Waals surface area contributed by atoms with E-state index in [1.165, 1.54) is 0 Å². The number of hydrogen-bond acceptors (Lipinski definition) is 6. The van der Waals surface area contributed by atoms with Gasteiger partial charge in [-0.15, -0.1) is 0 Å². The van der Waals surface area contributed by atoms with Crippen LogP contribution in [0, 0.1) is 0 Å². The summed E-state index contributed by atoms with van der Waals surface area (Å²) in [5.74, 6) is 0. The first-order valence-corrected chi connectivity index (χ1v) is 4.88. The van der Waals surface area contributed by atoms with E-state index < -0.39 is 12.3 Å². The van der Waals surface area contributed by atoms with Gasteiger partial charge in [0.15, 0.2) is 0 Å². The molecule has 0 aromatic rings. The van der Waals surface area contributed by atoms with Crippen LogP contribution in [-0.4, -0.2) is 38.7 Å². The van der Waals surface area contributed by atoms with Crippen molar-refractivity contribution in [1.82, 2.24) is 0 Å². The van der Waals surface area contributed by atoms with Crippen LogP contribution in [0.25, 0.3) is 0 Å². The standard InChI is InChI=1S/C9H14O6/c10-8-12-4-1-2-5-13-9(11)15-7-3-6-14-8/h1-7H2. The number of carbonyl (C=O) groups excluding carboxylic acids is 2. The highest BCUT2D eigenvalue weighted by Crippen LogP contribution is 1.98. The lowest BCUT2D eigenvalue weighted by Crippen LogP contribution is -2.11. The maximum Gasteiger partial charge on any atom is 0.508 e. The lowest BCUT2D eigenvalue weighted by atomic mass is 10.3. The third-order valence-electron chi connectivity index (χ3n) is 1.71. The summed E-state index contributed by atoms with van der Waals surface area (Å²) in [4.78, 5) is 21.7. The zero-order chi connectivity index (χ0) is 10.9. The summed E-state index contributed by atoms with van der Waals surface area (Å²) < 4.78 is 18.9. The third-order valence-corrected chi connectivity index (χ3v) is 1.71. The van der Waals surface area contributed by atoms with E-state index in [1.54, 1.807) is 0 Å². The van der Waals surface area contributed by atoms with E-state index >= 15 is 0 Å². The maximum absolute atomic E-state index is 10.9. The van der Waals surface area contributed by atoms with Gasteiger partial charge >= 0.3 is 12.3 Å². The highest BCUT2D eigenvalue weighted by molar-refractivity contribution is 5.60. The summed E-state index contributed by atoms with van der Waals surface area (Å²) in [5, 5.41) is 0. The number of rotatable bonds is 0. The molecule has 6 heteroatoms. The summed E-state index contributed by atoms with van der Waals surface area (Å²) in [7, 11) is 0. The van der Waals surface area contributed by atoms with Crippen LogP contribution in [-0.2, 0) is 18.9 Å². The van der Waals surface area contributed by atoms with Crippen molar-refractivity contribution in [3.05, 3.63) is 0 Å². The Morgan fingerprint density at radius 3 is 1.33 bits per heavy atom. The molecule has 0 atom stereocenters. The molecule has 0 aromatic heterocycles. The molecular formula is C9H14O6. The van der Waals surface area contributed by atoms with E-state index in [4.69, 9.17) is 18.9 Å². The fraction of sp³-hybridized carbons (Fsp3) is 0.778. The Morgan fingerprint density at radius 2 is 0.933 bits per heavy atom. The normalized spacial score (nSPS) is 20.5. The van der Waals surface area contributed by atoms with Gasteiger partial charge in [-0.1, -0.05) is 0 Å². The Labute approximate surface area is 87.4 Å². The van der Waals surface area contributed by atoms with Gasteiger partial charge in [0.1, 0.15) is 0 Å². The lowest BCUT2D eigenvalue weighted by Gasteiger charge is -2.04. The zero-order valence-corrected chi connectivity index (χ0v) is 8.40. The topological polar surface area (TPSA) is 71.1 Å². The minimum Gasteiger partial charge on any atom is -0.434 e. The summed E-state index contributed by atoms with van der Waals surface area (Å²) in [6, 6.07) is 0. The fourth-order valence-corrected chi connectivity index (χ4v) is 0.968. The van der Waals surface area contributed by atoms with Crippen LogP contribution in [0.1, 0.15) is 19.3 Å². The van der Waals surface area contributed by atoms with Crippen LogP contribution in [0.15, 0.2) is 0 Å². The molecule has 0 saturated carbocycles. The molecule has 0 bridgehead atoms. The first-order valence-electron chi connectivity index (χ1n) is 4.88. The zero-order valence-electron chi connectivity index (χ0n) is 8.40. The Kier molecular flexibility index (Phi) is 5.35. The molecule has 1 fully saturated rings. The summed E-state index contributed by atoms with van der Waals surface area (Å²) in [6.45, 7) is 0.896. The molecule has 1 aliphatic heterocycles. The Bertz CT molecular complexity index is 193. The summed E-state index contributed by atoms with van der Waals surface area (Å²) in [6.07, 6.45) is 0.331. The highest BCUT2D eigenvalue weighted by atomic mass is 16.7. The maximum atomic E-state index is 10.9. The van der Waals surface area contributed by atoms with Crippen LogP contribution < -0.4 is 0 Å². The van der Waals surface area contributed by atoms with Crippen molar-refractivity contribution in [2.75, 3.05) is 26.4 Å². The van der Waals surface area contributed by atoms with Gasteiger partial charge in [0.05, 0.1) is 26.4 Å². The second-order valence-electron chi connectivity index (χ2n) is 2.95. The van der Waals surface area contributed by atoms with Crippen molar-refractivity contribution in [1.29, 1.82) is 0 Å². The number of hydrogen-bond donors (Lipinski definition) is 0. The fourth-order valence-electron chi connectivity index (χ4n) is 0.968. The van der Waals surface area contributed by atoms with Gasteiger partial charge in [0.2, 0.25) is 0 Å². The number of cyclic esters (lactones) is 4. The molecule has 0 unspecified atom stereocenters. The van der Waals surface area contributed by atoms with Crippen molar-refractivity contribution < 1.29 is 28.5 Å². The van der Waals surface area contributed by atoms with Gasteiger partial charge in [-0.05, 0) is 12.8 Å². The average molecular weight is 218 g/mol. The summed E-state index contributed by atoms with van der Waals surface area (Å²) >= 11 is 0. The van der Waals surface area contributed by atoms with Crippen LogP contribution >= 0.6 is 0 Å². The molecule has 1 heterocycles. The molecule has 6 nitrogen and oxygen atoms in total. The molecule has 1 saturated heterocycles. The van der Waals surface area contributed by atoms with Gasteiger partial charge in [0.25, 0.3) is 0 Å². The first-order chi connectivity index (χ1) is 7.29. The van der Waals surface area contributed by atoms with Crippen LogP contribution in [0.2, 0.25) is 0 Å². The molecule has 0 N–H and O–H groups in total. The smallest absolute Gasteiger partial charge is 0.434 e. The van der Waals surface area contributed by atoms with Crippen molar-refractivity contribution in [3.63, 3.8) is 0 Å². The van der Waals surface area contributed by atoms with E-state index in [0.717, 1.165) is 0 Å². The monoisotopic (exact) mass is 218 g/mol. The van der Waals surface area contributed by atoms with E-state index in [1.807, 2.05) is 0 Å². The van der Waals surface area contributed by atoms with E-state index in [2.05, 4.69) is 0 Å². The number of ether oxygens (including phenoxy) is 4. The molecule has 15 heavy (non-hydrogen) atoms. The molecule has 0 amide bonds. The minimum absolute atomic E-state index is 0.173. The Balaban J connectivity index is 2.26. The van der Waals surface area contributed by atoms with Crippen LogP contribution in [0.5, 0.6) is 0 Å². The minimum atomic E-state index is -0.679. The molecule has 1 rings (SSSR count). The van der Waals surface area contributed by atoms with Crippen molar-refractivity contribution in [2.45, 2.75) is 19.3 Å². The summed E-state index contributed by atoms with van der Waals surface area (Å²) in [5.41, 5.74) is 0. The molecule has 0 radical (unpaired) electrons. The Morgan fingerprint density at radius 1 is 0.600 bits per heavy atom. The molecule has 1 aliphatic rings. The quantitative estimate of drug-likeness (QED) is 0.573. The largest absolute Gasteiger partial charge is 0.508 e. The van der Waals surface area contributed by atoms with Crippen LogP contribution in [0.4, 0.5) is 9.59 Å². The second-order valence-corrected chi connectivity index (χ2v) is 2.95. The molecule has 86 valence electrons. The average Bonchev–Trinajstić information content (AvgIpc) is 2.23. The SMILES string of the molecule is O=C1OCCCCOC(=O)OCCCO1. The van der Waals surface area contributed by atoms with Gasteiger partial charge in [-0.25, -0.2) is 9.59 Å². The van der Waals surface area contributed by atoms with Gasteiger partial charge in [-0.2, -0.15) is 0 Å². The van der Waals surface area contributed by atoms with Gasteiger partial charge < -0.3 is 18.9 Å². The third kappa shape index (κ3) is 5.77. The van der Waals surface area contributed by atoms with Crippen molar-refractivity contribution >= 4 is 12.3 Å². The van der Waals surface area contributed by atoms with Crippen molar-refractivity contribution in [3.8, 4) is 0 Å². The highest BCUT2D eigenvalue weighted by Gasteiger charge is 2.07. The molecular weight excluding hydrogens is 204 g/mol. The second kappa shape index (κ2) is 6.92. The number of carbonyl (C=O) groups is 2. The van der Waals surface area contributed by atoms with Gasteiger partial charge in [-0.3, -0.25) is 0 Å². The Hall–Kier alpha value is -1.46. The molecule has 0 aliphatic carbocycles. The van der Waals surface area contributed by atoms with Crippen LogP contribution in [0.3, 0.4) is 0 Å². The lowest BCUT2D eigenvalue weighted by molar-refractivity contribution is 0.0443. The predicted molar refractivity (Wildman–Crippen MR) is 48.5 cm³/mol. The first kappa shape index (κ1) is 11.6. The predicted octanol–water partition coefficient (Wildman–Crippen LogP) is 1.48. The van der Waals surface area contributed by atoms with Crippen molar-refractivity contribution in [2.24, 2.45) is 0 Å². The molecule has 0 aromatic carbocycles.